The van der Waals surface area contributed by atoms with Gasteiger partial charge in [-0.05, 0) is 77.9 Å². The summed E-state index contributed by atoms with van der Waals surface area (Å²) in [6, 6.07) is 14.4. The van der Waals surface area contributed by atoms with Gasteiger partial charge in [-0.15, -0.1) is 0 Å². The van der Waals surface area contributed by atoms with E-state index in [2.05, 4.69) is 15.3 Å². The van der Waals surface area contributed by atoms with Crippen LogP contribution in [0.4, 0.5) is 22.7 Å². The summed E-state index contributed by atoms with van der Waals surface area (Å²) in [6.45, 7) is 10.5. The molecule has 4 aromatic rings. The molecule has 2 aromatic heterocycles. The van der Waals surface area contributed by atoms with Crippen LogP contribution in [0.2, 0.25) is 0 Å². The number of rotatable bonds is 9. The van der Waals surface area contributed by atoms with Gasteiger partial charge in [-0.25, -0.2) is 19.6 Å². The van der Waals surface area contributed by atoms with Crippen LogP contribution >= 0.6 is 0 Å². The molecule has 0 fully saturated rings. The first-order chi connectivity index (χ1) is 22.8. The van der Waals surface area contributed by atoms with Gasteiger partial charge in [-0.1, -0.05) is 0 Å². The number of nitrogen functional groups attached to an aromatic ring is 1. The van der Waals surface area contributed by atoms with Crippen molar-refractivity contribution in [2.75, 3.05) is 18.1 Å². The van der Waals surface area contributed by atoms with Crippen molar-refractivity contribution in [1.82, 2.24) is 9.97 Å². The van der Waals surface area contributed by atoms with Crippen LogP contribution in [0, 0.1) is 20.2 Å². The second-order valence-electron chi connectivity index (χ2n) is 12.1. The topological polar surface area (TPSA) is 221 Å². The first-order valence-electron chi connectivity index (χ1n) is 14.6. The Morgan fingerprint density at radius 3 is 1.49 bits per heavy atom. The second kappa shape index (κ2) is 15.5. The number of nitrogens with two attached hydrogens (primary N) is 1. The molecule has 0 bridgehead atoms. The molecule has 4 rings (SSSR count). The Balaban J connectivity index is 0.000000266. The third-order valence-corrected chi connectivity index (χ3v) is 5.78. The number of nitrogens with one attached hydrogen (secondary N) is 1. The quantitative estimate of drug-likeness (QED) is 0.0781. The zero-order valence-corrected chi connectivity index (χ0v) is 27.9. The molecule has 0 radical (unpaired) electrons. The van der Waals surface area contributed by atoms with Crippen molar-refractivity contribution in [3.63, 3.8) is 0 Å². The summed E-state index contributed by atoms with van der Waals surface area (Å²) in [4.78, 5) is 52.9. The first kappa shape index (κ1) is 37.1. The zero-order chi connectivity index (χ0) is 36.5. The predicted octanol–water partition coefficient (Wildman–Crippen LogP) is 7.10. The van der Waals surface area contributed by atoms with Crippen molar-refractivity contribution in [3.8, 4) is 23.0 Å². The Hall–Kier alpha value is -6.32. The lowest BCUT2D eigenvalue weighted by molar-refractivity contribution is -0.384. The molecule has 2 aromatic carbocycles. The molecule has 49 heavy (non-hydrogen) atoms. The molecule has 0 amide bonds. The number of anilines is 2. The van der Waals surface area contributed by atoms with Crippen LogP contribution in [0.5, 0.6) is 23.0 Å². The molecule has 0 aliphatic carbocycles. The number of benzene rings is 2. The Labute approximate surface area is 281 Å². The standard InChI is InChI=1S/C17H19N3O5.C16H17N3O5/c1-17(2,3)25-16(21)14-9-12(7-8-19-14)24-11-5-6-13(18-4)15(10-11)20(22)23;1-16(2,3)24-15(20)13-8-11(6-7-18-13)23-10-4-5-12(17)14(9-10)19(21)22/h5-10,18H,1-4H3;4-9H,17H2,1-3H3. The van der Waals surface area contributed by atoms with Gasteiger partial charge in [0.25, 0.3) is 11.4 Å². The lowest BCUT2D eigenvalue weighted by Gasteiger charge is -2.19. The lowest BCUT2D eigenvalue weighted by Crippen LogP contribution is -2.24. The van der Waals surface area contributed by atoms with Gasteiger partial charge in [0.15, 0.2) is 11.4 Å². The van der Waals surface area contributed by atoms with E-state index in [4.69, 9.17) is 24.7 Å². The molecule has 0 unspecified atom stereocenters. The van der Waals surface area contributed by atoms with E-state index in [0.29, 0.717) is 17.2 Å². The molecular weight excluding hydrogens is 640 g/mol. The fourth-order valence-corrected chi connectivity index (χ4v) is 3.79. The predicted molar refractivity (Wildman–Crippen MR) is 179 cm³/mol. The van der Waals surface area contributed by atoms with E-state index in [-0.39, 0.29) is 39.9 Å². The van der Waals surface area contributed by atoms with E-state index in [0.717, 1.165) is 0 Å². The number of nitro benzene ring substituents is 2. The van der Waals surface area contributed by atoms with Crippen molar-refractivity contribution in [2.45, 2.75) is 52.7 Å². The Morgan fingerprint density at radius 1 is 0.673 bits per heavy atom. The number of hydrogen-bond donors (Lipinski definition) is 2. The number of aromatic nitrogens is 2. The number of ether oxygens (including phenoxy) is 4. The highest BCUT2D eigenvalue weighted by Crippen LogP contribution is 2.32. The summed E-state index contributed by atoms with van der Waals surface area (Å²) < 4.78 is 21.6. The van der Waals surface area contributed by atoms with Gasteiger partial charge in [-0.2, -0.15) is 0 Å². The third-order valence-electron chi connectivity index (χ3n) is 5.78. The first-order valence-corrected chi connectivity index (χ1v) is 14.6. The van der Waals surface area contributed by atoms with Crippen LogP contribution < -0.4 is 20.5 Å². The monoisotopic (exact) mass is 676 g/mol. The minimum atomic E-state index is -0.646. The van der Waals surface area contributed by atoms with E-state index in [1.54, 1.807) is 66.8 Å². The van der Waals surface area contributed by atoms with E-state index in [1.807, 2.05) is 0 Å². The number of carbonyl (C=O) groups is 2. The number of nitrogens with zero attached hydrogens (tertiary/aromatic N) is 4. The minimum Gasteiger partial charge on any atom is -0.457 e. The molecule has 258 valence electrons. The highest BCUT2D eigenvalue weighted by atomic mass is 16.6. The fraction of sp³-hybridized carbons (Fsp3) is 0.273. The summed E-state index contributed by atoms with van der Waals surface area (Å²) in [5.74, 6) is -0.0535. The molecule has 0 saturated heterocycles. The van der Waals surface area contributed by atoms with Crippen molar-refractivity contribution >= 4 is 34.7 Å². The van der Waals surface area contributed by atoms with Crippen molar-refractivity contribution in [2.24, 2.45) is 0 Å². The van der Waals surface area contributed by atoms with Gasteiger partial charge < -0.3 is 30.0 Å². The van der Waals surface area contributed by atoms with Crippen molar-refractivity contribution < 1.29 is 38.4 Å². The number of hydrogen-bond acceptors (Lipinski definition) is 14. The number of esters is 2. The van der Waals surface area contributed by atoms with Gasteiger partial charge in [0.1, 0.15) is 45.6 Å². The van der Waals surface area contributed by atoms with E-state index < -0.39 is 33.0 Å². The Morgan fingerprint density at radius 2 is 1.08 bits per heavy atom. The minimum absolute atomic E-state index is 0.0384. The van der Waals surface area contributed by atoms with Gasteiger partial charge in [0.05, 0.1) is 22.0 Å². The number of carbonyl (C=O) groups excluding carboxylic acids is 2. The van der Waals surface area contributed by atoms with Crippen LogP contribution in [0.3, 0.4) is 0 Å². The maximum Gasteiger partial charge on any atom is 0.357 e. The van der Waals surface area contributed by atoms with Crippen LogP contribution in [-0.2, 0) is 9.47 Å². The molecule has 0 saturated carbocycles. The summed E-state index contributed by atoms with van der Waals surface area (Å²) in [6.07, 6.45) is 2.80. The summed E-state index contributed by atoms with van der Waals surface area (Å²) >= 11 is 0. The molecular formula is C33H36N6O10. The average Bonchev–Trinajstić information content (AvgIpc) is 3.01. The summed E-state index contributed by atoms with van der Waals surface area (Å²) in [7, 11) is 1.60. The Kier molecular flexibility index (Phi) is 11.8. The van der Waals surface area contributed by atoms with Crippen LogP contribution in [0.15, 0.2) is 73.1 Å². The second-order valence-corrected chi connectivity index (χ2v) is 12.1. The van der Waals surface area contributed by atoms with Crippen molar-refractivity contribution in [1.29, 1.82) is 0 Å². The molecule has 16 heteroatoms. The number of pyridine rings is 2. The van der Waals surface area contributed by atoms with Gasteiger partial charge in [0.2, 0.25) is 0 Å². The zero-order valence-electron chi connectivity index (χ0n) is 27.9. The third kappa shape index (κ3) is 11.5. The number of nitro groups is 2. The van der Waals surface area contributed by atoms with E-state index in [9.17, 15) is 29.8 Å². The van der Waals surface area contributed by atoms with Crippen LogP contribution in [0.25, 0.3) is 0 Å². The van der Waals surface area contributed by atoms with Gasteiger partial charge in [0, 0.05) is 31.6 Å². The van der Waals surface area contributed by atoms with E-state index >= 15 is 0 Å². The smallest absolute Gasteiger partial charge is 0.357 e. The average molecular weight is 677 g/mol. The van der Waals surface area contributed by atoms with Crippen molar-refractivity contribution in [3.05, 3.63) is 105 Å². The van der Waals surface area contributed by atoms with Crippen LogP contribution in [0.1, 0.15) is 62.5 Å². The molecule has 2 heterocycles. The molecule has 3 N–H and O–H groups in total. The fourth-order valence-electron chi connectivity index (χ4n) is 3.79. The largest absolute Gasteiger partial charge is 0.457 e. The maximum absolute atomic E-state index is 12.1. The molecule has 0 atom stereocenters. The van der Waals surface area contributed by atoms with Gasteiger partial charge >= 0.3 is 11.9 Å². The molecule has 16 nitrogen and oxygen atoms in total. The summed E-state index contributed by atoms with van der Waals surface area (Å²) in [5.41, 5.74) is 4.47. The molecule has 0 aliphatic rings. The maximum atomic E-state index is 12.1. The molecule has 0 spiro atoms. The van der Waals surface area contributed by atoms with E-state index in [1.165, 1.54) is 54.9 Å². The SMILES string of the molecule is CC(C)(C)OC(=O)c1cc(Oc2ccc(N)c([N+](=O)[O-])c2)ccn1.CNc1ccc(Oc2ccnc(C(=O)OC(C)(C)C)c2)cc1[N+](=O)[O-]. The lowest BCUT2D eigenvalue weighted by atomic mass is 10.2. The highest BCUT2D eigenvalue weighted by Gasteiger charge is 2.21. The molecule has 0 aliphatic heterocycles. The normalized spacial score (nSPS) is 10.9. The summed E-state index contributed by atoms with van der Waals surface area (Å²) in [5, 5.41) is 24.7. The van der Waals surface area contributed by atoms with Crippen LogP contribution in [-0.4, -0.2) is 50.0 Å². The Bertz CT molecular complexity index is 1850. The van der Waals surface area contributed by atoms with Gasteiger partial charge in [-0.3, -0.25) is 20.2 Å². The highest BCUT2D eigenvalue weighted by molar-refractivity contribution is 5.88.